The third-order valence-electron chi connectivity index (χ3n) is 2.53. The van der Waals surface area contributed by atoms with E-state index in [1.165, 1.54) is 0 Å². The molecule has 2 rings (SSSR count). The summed E-state index contributed by atoms with van der Waals surface area (Å²) in [5.41, 5.74) is 2.80. The Balaban J connectivity index is 2.38. The van der Waals surface area contributed by atoms with Crippen LogP contribution in [0.2, 0.25) is 0 Å². The van der Waals surface area contributed by atoms with Crippen molar-refractivity contribution in [1.29, 1.82) is 0 Å². The molecule has 92 valence electrons. The highest BCUT2D eigenvalue weighted by Gasteiger charge is 2.06. The van der Waals surface area contributed by atoms with Gasteiger partial charge in [-0.25, -0.2) is 0 Å². The average Bonchev–Trinajstić information content (AvgIpc) is 2.27. The highest BCUT2D eigenvalue weighted by molar-refractivity contribution is 9.10. The summed E-state index contributed by atoms with van der Waals surface area (Å²) in [4.78, 5) is 11.0. The third kappa shape index (κ3) is 2.99. The molecule has 0 aliphatic carbocycles. The largest absolute Gasteiger partial charge is 0.457 e. The molecular weight excluding hydrogens is 292 g/mol. The van der Waals surface area contributed by atoms with Crippen molar-refractivity contribution in [1.82, 2.24) is 0 Å². The minimum Gasteiger partial charge on any atom is -0.457 e. The number of carbonyl (C=O) groups excluding carboxylic acids is 1. The van der Waals surface area contributed by atoms with Crippen LogP contribution in [0.4, 0.5) is 0 Å². The lowest BCUT2D eigenvalue weighted by atomic mass is 10.1. The van der Waals surface area contributed by atoms with E-state index in [0.29, 0.717) is 11.3 Å². The second-order valence-electron chi connectivity index (χ2n) is 4.23. The van der Waals surface area contributed by atoms with Gasteiger partial charge in [-0.3, -0.25) is 4.79 Å². The third-order valence-corrected chi connectivity index (χ3v) is 3.02. The molecule has 0 aromatic heterocycles. The SMILES string of the molecule is Cc1cc(C)cc(Oc2cc(Br)ccc2C=O)c1. The number of rotatable bonds is 3. The number of carbonyl (C=O) groups is 1. The molecule has 2 nitrogen and oxygen atoms in total. The van der Waals surface area contributed by atoms with Gasteiger partial charge in [0, 0.05) is 4.47 Å². The minimum absolute atomic E-state index is 0.539. The molecule has 0 saturated heterocycles. The van der Waals surface area contributed by atoms with Crippen LogP contribution in [0.15, 0.2) is 40.9 Å². The first-order valence-electron chi connectivity index (χ1n) is 5.59. The monoisotopic (exact) mass is 304 g/mol. The van der Waals surface area contributed by atoms with Gasteiger partial charge in [0.25, 0.3) is 0 Å². The fourth-order valence-corrected chi connectivity index (χ4v) is 2.15. The van der Waals surface area contributed by atoms with E-state index in [1.807, 2.05) is 32.0 Å². The van der Waals surface area contributed by atoms with Crippen molar-refractivity contribution >= 4 is 22.2 Å². The lowest BCUT2D eigenvalue weighted by Gasteiger charge is -2.10. The van der Waals surface area contributed by atoms with E-state index < -0.39 is 0 Å². The zero-order chi connectivity index (χ0) is 13.1. The molecule has 0 unspecified atom stereocenters. The van der Waals surface area contributed by atoms with Crippen molar-refractivity contribution in [2.75, 3.05) is 0 Å². The van der Waals surface area contributed by atoms with Gasteiger partial charge in [0.15, 0.2) is 6.29 Å². The second kappa shape index (κ2) is 5.36. The summed E-state index contributed by atoms with van der Waals surface area (Å²) >= 11 is 3.37. The Morgan fingerprint density at radius 2 is 1.72 bits per heavy atom. The molecule has 0 atom stereocenters. The summed E-state index contributed by atoms with van der Waals surface area (Å²) in [5.74, 6) is 1.30. The zero-order valence-corrected chi connectivity index (χ0v) is 11.8. The summed E-state index contributed by atoms with van der Waals surface area (Å²) < 4.78 is 6.66. The van der Waals surface area contributed by atoms with Gasteiger partial charge in [-0.15, -0.1) is 0 Å². The maximum atomic E-state index is 11.0. The van der Waals surface area contributed by atoms with E-state index in [2.05, 4.69) is 22.0 Å². The molecule has 2 aromatic carbocycles. The molecule has 2 aromatic rings. The average molecular weight is 305 g/mol. The van der Waals surface area contributed by atoms with Crippen molar-refractivity contribution in [3.8, 4) is 11.5 Å². The van der Waals surface area contributed by atoms with E-state index in [9.17, 15) is 4.79 Å². The first-order chi connectivity index (χ1) is 8.58. The maximum Gasteiger partial charge on any atom is 0.153 e. The Kier molecular flexibility index (Phi) is 3.82. The number of hydrogen-bond donors (Lipinski definition) is 0. The van der Waals surface area contributed by atoms with Crippen molar-refractivity contribution < 1.29 is 9.53 Å². The van der Waals surface area contributed by atoms with Crippen LogP contribution in [0.5, 0.6) is 11.5 Å². The lowest BCUT2D eigenvalue weighted by Crippen LogP contribution is -1.91. The van der Waals surface area contributed by atoms with Crippen LogP contribution in [0, 0.1) is 13.8 Å². The van der Waals surface area contributed by atoms with Crippen molar-refractivity contribution in [3.05, 3.63) is 57.6 Å². The van der Waals surface area contributed by atoms with Crippen molar-refractivity contribution in [2.45, 2.75) is 13.8 Å². The lowest BCUT2D eigenvalue weighted by molar-refractivity contribution is 0.112. The number of aldehydes is 1. The van der Waals surface area contributed by atoms with Crippen LogP contribution < -0.4 is 4.74 Å². The smallest absolute Gasteiger partial charge is 0.153 e. The van der Waals surface area contributed by atoms with Gasteiger partial charge >= 0.3 is 0 Å². The Morgan fingerprint density at radius 3 is 2.33 bits per heavy atom. The molecule has 0 N–H and O–H groups in total. The predicted molar refractivity (Wildman–Crippen MR) is 75.5 cm³/mol. The molecule has 0 aliphatic heterocycles. The Labute approximate surface area is 115 Å². The molecule has 0 aliphatic rings. The van der Waals surface area contributed by atoms with Crippen LogP contribution in [0.25, 0.3) is 0 Å². The molecule has 0 fully saturated rings. The molecule has 18 heavy (non-hydrogen) atoms. The predicted octanol–water partition coefficient (Wildman–Crippen LogP) is 4.67. The normalized spacial score (nSPS) is 10.2. The van der Waals surface area contributed by atoms with E-state index in [1.54, 1.807) is 12.1 Å². The number of aryl methyl sites for hydroxylation is 2. The number of halogens is 1. The minimum atomic E-state index is 0.539. The molecule has 0 radical (unpaired) electrons. The molecule has 0 amide bonds. The molecule has 0 spiro atoms. The van der Waals surface area contributed by atoms with Crippen LogP contribution in [0.3, 0.4) is 0 Å². The van der Waals surface area contributed by atoms with Crippen LogP contribution in [0.1, 0.15) is 21.5 Å². The van der Waals surface area contributed by atoms with Gasteiger partial charge in [0.2, 0.25) is 0 Å². The highest BCUT2D eigenvalue weighted by Crippen LogP contribution is 2.28. The van der Waals surface area contributed by atoms with E-state index >= 15 is 0 Å². The van der Waals surface area contributed by atoms with Gasteiger partial charge in [-0.05, 0) is 55.3 Å². The van der Waals surface area contributed by atoms with Gasteiger partial charge in [0.05, 0.1) is 5.56 Å². The maximum absolute atomic E-state index is 11.0. The van der Waals surface area contributed by atoms with Crippen molar-refractivity contribution in [2.24, 2.45) is 0 Å². The van der Waals surface area contributed by atoms with Crippen molar-refractivity contribution in [3.63, 3.8) is 0 Å². The summed E-state index contributed by atoms with van der Waals surface area (Å²) in [6.07, 6.45) is 0.796. The topological polar surface area (TPSA) is 26.3 Å². The summed E-state index contributed by atoms with van der Waals surface area (Å²) in [6, 6.07) is 11.3. The second-order valence-corrected chi connectivity index (χ2v) is 5.14. The van der Waals surface area contributed by atoms with Gasteiger partial charge in [-0.1, -0.05) is 22.0 Å². The number of benzene rings is 2. The summed E-state index contributed by atoms with van der Waals surface area (Å²) in [7, 11) is 0. The van der Waals surface area contributed by atoms with E-state index in [0.717, 1.165) is 27.6 Å². The molecular formula is C15H13BrO2. The quantitative estimate of drug-likeness (QED) is 0.770. The fourth-order valence-electron chi connectivity index (χ4n) is 1.81. The Hall–Kier alpha value is -1.61. The molecule has 0 bridgehead atoms. The number of hydrogen-bond acceptors (Lipinski definition) is 2. The highest BCUT2D eigenvalue weighted by atomic mass is 79.9. The molecule has 0 saturated carbocycles. The van der Waals surface area contributed by atoms with Crippen LogP contribution >= 0.6 is 15.9 Å². The summed E-state index contributed by atoms with van der Waals surface area (Å²) in [5, 5.41) is 0. The molecule has 0 heterocycles. The van der Waals surface area contributed by atoms with Crippen LogP contribution in [-0.4, -0.2) is 6.29 Å². The van der Waals surface area contributed by atoms with Gasteiger partial charge < -0.3 is 4.74 Å². The Morgan fingerprint density at radius 1 is 1.06 bits per heavy atom. The van der Waals surface area contributed by atoms with E-state index in [-0.39, 0.29) is 0 Å². The Bertz CT molecular complexity index is 571. The van der Waals surface area contributed by atoms with Crippen LogP contribution in [-0.2, 0) is 0 Å². The first-order valence-corrected chi connectivity index (χ1v) is 6.38. The molecule has 3 heteroatoms. The zero-order valence-electron chi connectivity index (χ0n) is 10.2. The summed E-state index contributed by atoms with van der Waals surface area (Å²) in [6.45, 7) is 4.03. The first kappa shape index (κ1) is 12.8. The standard InChI is InChI=1S/C15H13BrO2/c1-10-5-11(2)7-14(6-10)18-15-8-13(16)4-3-12(15)9-17/h3-9H,1-2H3. The van der Waals surface area contributed by atoms with Gasteiger partial charge in [0.1, 0.15) is 11.5 Å². The van der Waals surface area contributed by atoms with Gasteiger partial charge in [-0.2, -0.15) is 0 Å². The van der Waals surface area contributed by atoms with E-state index in [4.69, 9.17) is 4.74 Å². The number of ether oxygens (including phenoxy) is 1. The fraction of sp³-hybridized carbons (Fsp3) is 0.133.